The van der Waals surface area contributed by atoms with E-state index in [1.807, 2.05) is 12.4 Å². The van der Waals surface area contributed by atoms with E-state index in [0.717, 1.165) is 11.8 Å². The van der Waals surface area contributed by atoms with Gasteiger partial charge in [0.25, 0.3) is 0 Å². The van der Waals surface area contributed by atoms with Gasteiger partial charge in [-0.2, -0.15) is 0 Å². The largest absolute Gasteiger partial charge is 0.265 e. The lowest BCUT2D eigenvalue weighted by molar-refractivity contribution is 0.474. The molecule has 6 atom stereocenters. The van der Waals surface area contributed by atoms with Crippen molar-refractivity contribution in [2.75, 3.05) is 0 Å². The highest BCUT2D eigenvalue weighted by molar-refractivity contribution is 5.71. The number of rotatable bonds is 1. The van der Waals surface area contributed by atoms with Gasteiger partial charge in [-0.1, -0.05) is 105 Å². The molecule has 7 rings (SSSR count). The van der Waals surface area contributed by atoms with Gasteiger partial charge in [0.2, 0.25) is 0 Å². The summed E-state index contributed by atoms with van der Waals surface area (Å²) in [7, 11) is 0. The van der Waals surface area contributed by atoms with Crippen LogP contribution in [0.3, 0.4) is 0 Å². The summed E-state index contributed by atoms with van der Waals surface area (Å²) in [6, 6.07) is 4.27. The van der Waals surface area contributed by atoms with E-state index in [1.165, 1.54) is 68.9 Å². The quantitative estimate of drug-likeness (QED) is 0.429. The first-order chi connectivity index (χ1) is 16.4. The molecule has 0 saturated heterocycles. The highest BCUT2D eigenvalue weighted by Crippen LogP contribution is 2.52. The molecule has 0 radical (unpaired) electrons. The van der Waals surface area contributed by atoms with Crippen LogP contribution in [0.2, 0.25) is 0 Å². The molecule has 1 nitrogen and oxygen atoms in total. The van der Waals surface area contributed by atoms with E-state index in [-0.39, 0.29) is 0 Å². The molecule has 3 fully saturated rings. The molecule has 33 heavy (non-hydrogen) atoms. The van der Waals surface area contributed by atoms with Crippen molar-refractivity contribution in [1.29, 1.82) is 0 Å². The van der Waals surface area contributed by atoms with Crippen molar-refractivity contribution in [3.05, 3.63) is 96.9 Å². The van der Waals surface area contributed by atoms with E-state index in [9.17, 15) is 0 Å². The van der Waals surface area contributed by atoms with Crippen molar-refractivity contribution in [2.24, 2.45) is 35.5 Å². The van der Waals surface area contributed by atoms with Gasteiger partial charge in [-0.25, -0.2) is 0 Å². The average molecular weight is 438 g/mol. The molecule has 6 unspecified atom stereocenters. The second kappa shape index (κ2) is 11.1. The van der Waals surface area contributed by atoms with E-state index >= 15 is 0 Å². The number of fused-ring (bicyclic) bond motifs is 4. The number of aromatic nitrogens is 1. The van der Waals surface area contributed by atoms with Crippen LogP contribution in [0.25, 0.3) is 5.57 Å². The molecule has 172 valence electrons. The predicted octanol–water partition coefficient (Wildman–Crippen LogP) is 8.51. The van der Waals surface area contributed by atoms with E-state index in [2.05, 4.69) is 84.0 Å². The molecule has 0 amide bonds. The van der Waals surface area contributed by atoms with Crippen LogP contribution in [-0.2, 0) is 0 Å². The van der Waals surface area contributed by atoms with Crippen LogP contribution in [0, 0.1) is 35.5 Å². The normalized spacial score (nSPS) is 34.4. The zero-order valence-corrected chi connectivity index (χ0v) is 19.9. The van der Waals surface area contributed by atoms with Crippen molar-refractivity contribution in [3.63, 3.8) is 0 Å². The summed E-state index contributed by atoms with van der Waals surface area (Å²) in [6.07, 6.45) is 42.1. The minimum atomic E-state index is 0.638. The van der Waals surface area contributed by atoms with E-state index in [4.69, 9.17) is 0 Å². The molecule has 1 heteroatoms. The van der Waals surface area contributed by atoms with Crippen molar-refractivity contribution < 1.29 is 0 Å². The van der Waals surface area contributed by atoms with Gasteiger partial charge in [0.1, 0.15) is 0 Å². The number of hydrogen-bond acceptors (Lipinski definition) is 1. The summed E-state index contributed by atoms with van der Waals surface area (Å²) in [5.41, 5.74) is 2.82. The molecule has 1 aromatic rings. The van der Waals surface area contributed by atoms with Crippen molar-refractivity contribution in [1.82, 2.24) is 4.98 Å². The van der Waals surface area contributed by atoms with Crippen LogP contribution < -0.4 is 0 Å². The van der Waals surface area contributed by atoms with Crippen molar-refractivity contribution in [3.8, 4) is 0 Å². The third-order valence-corrected chi connectivity index (χ3v) is 8.43. The molecule has 6 aliphatic rings. The molecule has 0 bridgehead atoms. The Bertz CT molecular complexity index is 914. The monoisotopic (exact) mass is 437 g/mol. The lowest BCUT2D eigenvalue weighted by atomic mass is 9.75. The summed E-state index contributed by atoms with van der Waals surface area (Å²) >= 11 is 0. The highest BCUT2D eigenvalue weighted by atomic mass is 14.6. The second-order valence-corrected chi connectivity index (χ2v) is 10.5. The number of allylic oxidation sites excluding steroid dienone is 12. The SMILES string of the molecule is C1=CC2CC3C=CC=C(c4ccncc4)C3C2C=C1.C1=CC2CCCC2C=C1.C1CCCC1. The van der Waals surface area contributed by atoms with E-state index < -0.39 is 0 Å². The van der Waals surface area contributed by atoms with Crippen LogP contribution in [0.4, 0.5) is 0 Å². The van der Waals surface area contributed by atoms with Gasteiger partial charge in [-0.05, 0) is 78.0 Å². The van der Waals surface area contributed by atoms with Gasteiger partial charge in [0, 0.05) is 12.4 Å². The van der Waals surface area contributed by atoms with Crippen LogP contribution in [0.15, 0.2) is 91.4 Å². The van der Waals surface area contributed by atoms with E-state index in [1.54, 1.807) is 0 Å². The maximum absolute atomic E-state index is 4.14. The Balaban J connectivity index is 0.000000134. The number of pyridine rings is 1. The summed E-state index contributed by atoms with van der Waals surface area (Å²) in [5, 5.41) is 0. The van der Waals surface area contributed by atoms with E-state index in [0.29, 0.717) is 23.7 Å². The Hall–Kier alpha value is -2.41. The first-order valence-electron chi connectivity index (χ1n) is 13.4. The Labute approximate surface area is 200 Å². The molecule has 0 spiro atoms. The van der Waals surface area contributed by atoms with Gasteiger partial charge in [-0.3, -0.25) is 4.98 Å². The number of nitrogens with zero attached hydrogens (tertiary/aromatic N) is 1. The predicted molar refractivity (Wildman–Crippen MR) is 140 cm³/mol. The van der Waals surface area contributed by atoms with Gasteiger partial charge in [0.15, 0.2) is 0 Å². The van der Waals surface area contributed by atoms with Crippen LogP contribution in [0.1, 0.15) is 63.4 Å². The fraction of sp³-hybridized carbons (Fsp3) is 0.469. The van der Waals surface area contributed by atoms with Gasteiger partial charge in [-0.15, -0.1) is 0 Å². The molecule has 1 aromatic heterocycles. The Morgan fingerprint density at radius 3 is 1.82 bits per heavy atom. The second-order valence-electron chi connectivity index (χ2n) is 10.5. The zero-order chi connectivity index (χ0) is 22.3. The maximum atomic E-state index is 4.14. The third kappa shape index (κ3) is 5.40. The number of hydrogen-bond donors (Lipinski definition) is 0. The Morgan fingerprint density at radius 1 is 0.576 bits per heavy atom. The molecular weight excluding hydrogens is 398 g/mol. The van der Waals surface area contributed by atoms with Crippen LogP contribution in [0.5, 0.6) is 0 Å². The zero-order valence-electron chi connectivity index (χ0n) is 19.9. The smallest absolute Gasteiger partial charge is 0.0273 e. The lowest BCUT2D eigenvalue weighted by Crippen LogP contribution is -2.19. The average Bonchev–Trinajstić information content (AvgIpc) is 3.66. The van der Waals surface area contributed by atoms with Crippen molar-refractivity contribution >= 4 is 5.57 Å². The first-order valence-corrected chi connectivity index (χ1v) is 13.4. The summed E-state index contributed by atoms with van der Waals surface area (Å²) < 4.78 is 0. The van der Waals surface area contributed by atoms with Crippen LogP contribution >= 0.6 is 0 Å². The van der Waals surface area contributed by atoms with Gasteiger partial charge < -0.3 is 0 Å². The molecule has 0 aromatic carbocycles. The molecule has 1 heterocycles. The first kappa shape index (κ1) is 22.4. The maximum Gasteiger partial charge on any atom is 0.0273 e. The standard InChI is InChI=1S/C18H17N.C9H12.C5H10/c1-2-6-17-14(4-1)12-15-5-3-7-16(18(15)17)13-8-10-19-11-9-13;1-2-5-9-7-3-6-8(9)4-1;1-2-4-5-3-1/h1-11,14-15,17-18H,12H2;1-2,4-5,8-9H,3,6-7H2;1-5H2. The highest BCUT2D eigenvalue weighted by Gasteiger charge is 2.42. The Kier molecular flexibility index (Phi) is 7.56. The molecule has 6 aliphatic carbocycles. The molecule has 0 N–H and O–H groups in total. The molecule has 0 aliphatic heterocycles. The fourth-order valence-corrected chi connectivity index (χ4v) is 6.71. The summed E-state index contributed by atoms with van der Waals surface area (Å²) in [5.74, 6) is 4.51. The van der Waals surface area contributed by atoms with Crippen molar-refractivity contribution in [2.45, 2.75) is 57.8 Å². The minimum Gasteiger partial charge on any atom is -0.265 e. The van der Waals surface area contributed by atoms with Gasteiger partial charge in [0.05, 0.1) is 0 Å². The minimum absolute atomic E-state index is 0.638. The summed E-state index contributed by atoms with van der Waals surface area (Å²) in [4.78, 5) is 4.14. The lowest BCUT2D eigenvalue weighted by Gasteiger charge is -2.28. The molecule has 3 saturated carbocycles. The van der Waals surface area contributed by atoms with Crippen LogP contribution in [-0.4, -0.2) is 4.98 Å². The topological polar surface area (TPSA) is 12.9 Å². The third-order valence-electron chi connectivity index (χ3n) is 8.43. The fourth-order valence-electron chi connectivity index (χ4n) is 6.71. The molecular formula is C32H39N. The van der Waals surface area contributed by atoms with Gasteiger partial charge >= 0.3 is 0 Å². The summed E-state index contributed by atoms with van der Waals surface area (Å²) in [6.45, 7) is 0. The Morgan fingerprint density at radius 2 is 1.15 bits per heavy atom.